The molecule has 0 bridgehead atoms. The third kappa shape index (κ3) is 5.58. The van der Waals surface area contributed by atoms with Crippen molar-refractivity contribution < 1.29 is 4.79 Å². The highest BCUT2D eigenvalue weighted by Gasteiger charge is 2.19. The van der Waals surface area contributed by atoms with Gasteiger partial charge in [-0.2, -0.15) is 0 Å². The number of benzene rings is 3. The van der Waals surface area contributed by atoms with Crippen LogP contribution in [-0.2, 0) is 0 Å². The van der Waals surface area contributed by atoms with E-state index in [2.05, 4.69) is 45.2 Å². The molecule has 1 saturated heterocycles. The van der Waals surface area contributed by atoms with E-state index in [9.17, 15) is 4.79 Å². The molecule has 3 aromatic carbocycles. The number of amides is 1. The predicted molar refractivity (Wildman–Crippen MR) is 171 cm³/mol. The smallest absolute Gasteiger partial charge is 0.257 e. The van der Waals surface area contributed by atoms with Crippen molar-refractivity contribution >= 4 is 40.5 Å². The number of pyridine rings is 1. The summed E-state index contributed by atoms with van der Waals surface area (Å²) in [6.07, 6.45) is 6.08. The second-order valence-electron chi connectivity index (χ2n) is 10.4. The van der Waals surface area contributed by atoms with Gasteiger partial charge in [0, 0.05) is 35.4 Å². The van der Waals surface area contributed by atoms with E-state index in [1.54, 1.807) is 30.5 Å². The van der Waals surface area contributed by atoms with Crippen LogP contribution >= 0.6 is 11.6 Å². The number of nitrogens with zero attached hydrogens (tertiary/aromatic N) is 4. The summed E-state index contributed by atoms with van der Waals surface area (Å²) in [6.45, 7) is 1.07. The van der Waals surface area contributed by atoms with Crippen molar-refractivity contribution in [3.05, 3.63) is 126 Å². The van der Waals surface area contributed by atoms with Crippen molar-refractivity contribution in [3.63, 3.8) is 0 Å². The number of imidazole rings is 1. The Morgan fingerprint density at radius 3 is 2.60 bits per heavy atom. The molecule has 0 aliphatic carbocycles. The lowest BCUT2D eigenvalue weighted by molar-refractivity contribution is 0.102. The third-order valence-corrected chi connectivity index (χ3v) is 7.90. The second-order valence-corrected chi connectivity index (χ2v) is 10.8. The first-order chi connectivity index (χ1) is 21.1. The van der Waals surface area contributed by atoms with Crippen LogP contribution < -0.4 is 16.0 Å². The molecule has 0 spiro atoms. The number of nitrogens with one attached hydrogen (secondary N) is 3. The molecular weight excluding hydrogens is 558 g/mol. The molecule has 1 amide bonds. The Labute approximate surface area is 253 Å². The first-order valence-electron chi connectivity index (χ1n) is 14.2. The Hall–Kier alpha value is -5.05. The second kappa shape index (κ2) is 11.7. The zero-order chi connectivity index (χ0) is 29.2. The zero-order valence-electron chi connectivity index (χ0n) is 23.2. The highest BCUT2D eigenvalue weighted by atomic mass is 35.5. The van der Waals surface area contributed by atoms with Gasteiger partial charge in [0.25, 0.3) is 5.91 Å². The van der Waals surface area contributed by atoms with Crippen LogP contribution in [0.25, 0.3) is 28.3 Å². The normalized spacial score (nSPS) is 14.6. The molecule has 43 heavy (non-hydrogen) atoms. The molecule has 1 unspecified atom stereocenters. The van der Waals surface area contributed by atoms with Gasteiger partial charge in [-0.05, 0) is 79.5 Å². The molecule has 6 aromatic rings. The molecule has 1 aliphatic heterocycles. The maximum absolute atomic E-state index is 12.9. The SMILES string of the molecule is O=C(Nc1cccc(-c2nc3ccccn3c2-c2ccnc(Nc3ccc(C4CCCN4)cc3)n2)c1)c1ccccc1Cl. The number of aromatic nitrogens is 4. The van der Waals surface area contributed by atoms with Gasteiger partial charge in [-0.1, -0.05) is 54.1 Å². The monoisotopic (exact) mass is 585 g/mol. The lowest BCUT2D eigenvalue weighted by Crippen LogP contribution is -2.12. The standard InChI is InChI=1S/C34H28ClN7O/c35-27-10-2-1-9-26(27)33(43)38-25-8-5-7-23(21-25)31-32(42-20-4-3-12-30(42)41-31)29-17-19-37-34(40-29)39-24-15-13-22(14-16-24)28-11-6-18-36-28/h1-5,7-10,12-17,19-21,28,36H,6,11,18H2,(H,38,43)(H,37,39,40). The number of hydrogen-bond acceptors (Lipinski definition) is 6. The van der Waals surface area contributed by atoms with Gasteiger partial charge in [0.05, 0.1) is 27.7 Å². The Morgan fingerprint density at radius 2 is 1.77 bits per heavy atom. The quantitative estimate of drug-likeness (QED) is 0.179. The molecule has 3 aromatic heterocycles. The number of carbonyl (C=O) groups is 1. The first-order valence-corrected chi connectivity index (χ1v) is 14.6. The summed E-state index contributed by atoms with van der Waals surface area (Å²) in [4.78, 5) is 27.3. The van der Waals surface area contributed by atoms with E-state index in [-0.39, 0.29) is 5.91 Å². The largest absolute Gasteiger partial charge is 0.324 e. The van der Waals surface area contributed by atoms with Crippen molar-refractivity contribution in [2.24, 2.45) is 0 Å². The van der Waals surface area contributed by atoms with Crippen molar-refractivity contribution in [1.82, 2.24) is 24.7 Å². The van der Waals surface area contributed by atoms with Gasteiger partial charge in [-0.3, -0.25) is 9.20 Å². The van der Waals surface area contributed by atoms with Crippen LogP contribution in [0.15, 0.2) is 109 Å². The van der Waals surface area contributed by atoms with Gasteiger partial charge in [0.15, 0.2) is 0 Å². The number of halogens is 1. The van der Waals surface area contributed by atoms with E-state index < -0.39 is 0 Å². The van der Waals surface area contributed by atoms with Crippen LogP contribution in [0.5, 0.6) is 0 Å². The lowest BCUT2D eigenvalue weighted by atomic mass is 10.1. The van der Waals surface area contributed by atoms with Crippen LogP contribution in [0.2, 0.25) is 5.02 Å². The van der Waals surface area contributed by atoms with E-state index in [0.29, 0.717) is 34.0 Å². The van der Waals surface area contributed by atoms with E-state index in [1.165, 1.54) is 12.0 Å². The topological polar surface area (TPSA) is 96.2 Å². The Balaban J connectivity index is 1.21. The average molecular weight is 586 g/mol. The summed E-state index contributed by atoms with van der Waals surface area (Å²) in [5, 5.41) is 10.3. The number of fused-ring (bicyclic) bond motifs is 1. The van der Waals surface area contributed by atoms with Crippen molar-refractivity contribution in [2.75, 3.05) is 17.2 Å². The van der Waals surface area contributed by atoms with Gasteiger partial charge in [-0.15, -0.1) is 0 Å². The van der Waals surface area contributed by atoms with Gasteiger partial charge >= 0.3 is 0 Å². The molecule has 8 nitrogen and oxygen atoms in total. The Bertz CT molecular complexity index is 1930. The van der Waals surface area contributed by atoms with Crippen LogP contribution in [-0.4, -0.2) is 31.8 Å². The summed E-state index contributed by atoms with van der Waals surface area (Å²) >= 11 is 6.25. The fraction of sp³-hybridized carbons (Fsp3) is 0.118. The predicted octanol–water partition coefficient (Wildman–Crippen LogP) is 7.53. The molecular formula is C34H28ClN7O. The summed E-state index contributed by atoms with van der Waals surface area (Å²) < 4.78 is 2.01. The Kier molecular flexibility index (Phi) is 7.28. The van der Waals surface area contributed by atoms with Crippen LogP contribution in [0.1, 0.15) is 34.8 Å². The molecule has 4 heterocycles. The van der Waals surface area contributed by atoms with Gasteiger partial charge < -0.3 is 16.0 Å². The fourth-order valence-electron chi connectivity index (χ4n) is 5.48. The van der Waals surface area contributed by atoms with Crippen LogP contribution in [0.4, 0.5) is 17.3 Å². The van der Waals surface area contributed by atoms with Crippen LogP contribution in [0, 0.1) is 0 Å². The lowest BCUT2D eigenvalue weighted by Gasteiger charge is -2.12. The fourth-order valence-corrected chi connectivity index (χ4v) is 5.70. The maximum atomic E-state index is 12.9. The minimum absolute atomic E-state index is 0.281. The van der Waals surface area contributed by atoms with Crippen molar-refractivity contribution in [1.29, 1.82) is 0 Å². The van der Waals surface area contributed by atoms with Gasteiger partial charge in [-0.25, -0.2) is 15.0 Å². The van der Waals surface area contributed by atoms with Crippen molar-refractivity contribution in [3.8, 4) is 22.6 Å². The van der Waals surface area contributed by atoms with Gasteiger partial charge in [0.1, 0.15) is 5.65 Å². The van der Waals surface area contributed by atoms with Crippen LogP contribution in [0.3, 0.4) is 0 Å². The minimum atomic E-state index is -0.281. The highest BCUT2D eigenvalue weighted by Crippen LogP contribution is 2.34. The maximum Gasteiger partial charge on any atom is 0.257 e. The molecule has 0 radical (unpaired) electrons. The molecule has 212 valence electrons. The number of hydrogen-bond donors (Lipinski definition) is 3. The molecule has 3 N–H and O–H groups in total. The van der Waals surface area contributed by atoms with E-state index >= 15 is 0 Å². The summed E-state index contributed by atoms with van der Waals surface area (Å²) in [6, 6.07) is 31.2. The third-order valence-electron chi connectivity index (χ3n) is 7.57. The highest BCUT2D eigenvalue weighted by molar-refractivity contribution is 6.34. The molecule has 1 fully saturated rings. The minimum Gasteiger partial charge on any atom is -0.324 e. The van der Waals surface area contributed by atoms with E-state index in [4.69, 9.17) is 21.6 Å². The van der Waals surface area contributed by atoms with Crippen molar-refractivity contribution in [2.45, 2.75) is 18.9 Å². The molecule has 9 heteroatoms. The summed E-state index contributed by atoms with van der Waals surface area (Å²) in [7, 11) is 0. The summed E-state index contributed by atoms with van der Waals surface area (Å²) in [5.74, 6) is 0.207. The molecule has 1 atom stereocenters. The average Bonchev–Trinajstić information content (AvgIpc) is 3.71. The number of anilines is 3. The van der Waals surface area contributed by atoms with E-state index in [0.717, 1.165) is 41.3 Å². The zero-order valence-corrected chi connectivity index (χ0v) is 23.9. The Morgan fingerprint density at radius 1 is 0.907 bits per heavy atom. The van der Waals surface area contributed by atoms with E-state index in [1.807, 2.05) is 59.1 Å². The number of rotatable bonds is 7. The number of carbonyl (C=O) groups excluding carboxylic acids is 1. The summed E-state index contributed by atoms with van der Waals surface area (Å²) in [5.41, 5.74) is 7.13. The molecule has 1 aliphatic rings. The molecule has 7 rings (SSSR count). The first kappa shape index (κ1) is 26.8. The molecule has 0 saturated carbocycles. The van der Waals surface area contributed by atoms with Gasteiger partial charge in [0.2, 0.25) is 5.95 Å².